The minimum Gasteiger partial charge on any atom is -0.487 e. The summed E-state index contributed by atoms with van der Waals surface area (Å²) in [5.41, 5.74) is 3.60. The maximum atomic E-state index is 8.87. The molecule has 0 saturated carbocycles. The van der Waals surface area contributed by atoms with Gasteiger partial charge in [0.25, 0.3) is 0 Å². The van der Waals surface area contributed by atoms with Gasteiger partial charge in [-0.1, -0.05) is 12.1 Å². The molecule has 2 aromatic rings. The van der Waals surface area contributed by atoms with Crippen molar-refractivity contribution in [1.29, 1.82) is 5.26 Å². The first-order chi connectivity index (χ1) is 8.36. The summed E-state index contributed by atoms with van der Waals surface area (Å²) in [4.78, 5) is 0. The van der Waals surface area contributed by atoms with Crippen molar-refractivity contribution < 1.29 is 4.74 Å². The first kappa shape index (κ1) is 9.73. The molecule has 0 atom stereocenters. The summed E-state index contributed by atoms with van der Waals surface area (Å²) in [6.07, 6.45) is 0. The third-order valence-corrected chi connectivity index (χ3v) is 2.77. The fourth-order valence-corrected chi connectivity index (χ4v) is 1.90. The van der Waals surface area contributed by atoms with Gasteiger partial charge in [-0.3, -0.25) is 0 Å². The van der Waals surface area contributed by atoms with Gasteiger partial charge in [-0.2, -0.15) is 5.26 Å². The molecular formula is C14H10N2O. The molecule has 3 rings (SSSR count). The van der Waals surface area contributed by atoms with Crippen LogP contribution in [0, 0.1) is 11.3 Å². The Hall–Kier alpha value is -2.47. The standard InChI is InChI=1S/C14H10N2O/c15-8-10-5-6-12-11(7-10)9-17-14-4-2-1-3-13(14)16-12/h1-7,16H,9H2. The van der Waals surface area contributed by atoms with Gasteiger partial charge in [-0.15, -0.1) is 0 Å². The van der Waals surface area contributed by atoms with E-state index in [0.717, 1.165) is 22.7 Å². The fourth-order valence-electron chi connectivity index (χ4n) is 1.90. The van der Waals surface area contributed by atoms with E-state index < -0.39 is 0 Å². The van der Waals surface area contributed by atoms with Crippen LogP contribution in [0.5, 0.6) is 5.75 Å². The van der Waals surface area contributed by atoms with Crippen molar-refractivity contribution >= 4 is 11.4 Å². The predicted octanol–water partition coefficient (Wildman–Crippen LogP) is 3.19. The van der Waals surface area contributed by atoms with Gasteiger partial charge in [0.15, 0.2) is 0 Å². The lowest BCUT2D eigenvalue weighted by atomic mass is 10.1. The van der Waals surface area contributed by atoms with Gasteiger partial charge in [0, 0.05) is 11.3 Å². The Morgan fingerprint density at radius 1 is 1.12 bits per heavy atom. The Balaban J connectivity index is 2.07. The molecule has 2 aromatic carbocycles. The van der Waals surface area contributed by atoms with Crippen LogP contribution in [0.2, 0.25) is 0 Å². The Kier molecular flexibility index (Phi) is 2.20. The number of anilines is 2. The van der Waals surface area contributed by atoms with Crippen molar-refractivity contribution in [3.05, 3.63) is 53.6 Å². The van der Waals surface area contributed by atoms with Crippen LogP contribution in [0.4, 0.5) is 11.4 Å². The van der Waals surface area contributed by atoms with Crippen LogP contribution in [-0.2, 0) is 6.61 Å². The topological polar surface area (TPSA) is 45.0 Å². The highest BCUT2D eigenvalue weighted by molar-refractivity contribution is 5.70. The summed E-state index contributed by atoms with van der Waals surface area (Å²) >= 11 is 0. The lowest BCUT2D eigenvalue weighted by Gasteiger charge is -2.07. The molecule has 0 aromatic heterocycles. The molecule has 0 spiro atoms. The van der Waals surface area contributed by atoms with Crippen LogP contribution in [0.1, 0.15) is 11.1 Å². The average molecular weight is 222 g/mol. The monoisotopic (exact) mass is 222 g/mol. The third kappa shape index (κ3) is 1.70. The molecule has 0 saturated heterocycles. The maximum Gasteiger partial charge on any atom is 0.143 e. The number of fused-ring (bicyclic) bond motifs is 2. The number of nitrogens with one attached hydrogen (secondary N) is 1. The van der Waals surface area contributed by atoms with Gasteiger partial charge < -0.3 is 10.1 Å². The van der Waals surface area contributed by atoms with E-state index >= 15 is 0 Å². The molecule has 0 bridgehead atoms. The van der Waals surface area contributed by atoms with Crippen molar-refractivity contribution in [2.24, 2.45) is 0 Å². The largest absolute Gasteiger partial charge is 0.487 e. The minimum absolute atomic E-state index is 0.481. The lowest BCUT2D eigenvalue weighted by molar-refractivity contribution is 0.311. The smallest absolute Gasteiger partial charge is 0.143 e. The van der Waals surface area contributed by atoms with E-state index in [0.29, 0.717) is 12.2 Å². The Bertz CT molecular complexity index is 614. The number of benzene rings is 2. The Labute approximate surface area is 99.3 Å². The quantitative estimate of drug-likeness (QED) is 0.744. The van der Waals surface area contributed by atoms with E-state index in [1.165, 1.54) is 0 Å². The van der Waals surface area contributed by atoms with E-state index in [4.69, 9.17) is 10.00 Å². The summed E-state index contributed by atoms with van der Waals surface area (Å²) in [6.45, 7) is 0.481. The van der Waals surface area contributed by atoms with Gasteiger partial charge >= 0.3 is 0 Å². The summed E-state index contributed by atoms with van der Waals surface area (Å²) in [5.74, 6) is 0.835. The van der Waals surface area contributed by atoms with Crippen molar-refractivity contribution in [2.75, 3.05) is 5.32 Å². The lowest BCUT2D eigenvalue weighted by Crippen LogP contribution is -1.95. The number of hydrogen-bond donors (Lipinski definition) is 1. The molecule has 1 N–H and O–H groups in total. The van der Waals surface area contributed by atoms with E-state index in [9.17, 15) is 0 Å². The molecule has 0 aliphatic carbocycles. The van der Waals surface area contributed by atoms with Crippen LogP contribution in [0.3, 0.4) is 0 Å². The first-order valence-electron chi connectivity index (χ1n) is 5.39. The van der Waals surface area contributed by atoms with Gasteiger partial charge in [0.2, 0.25) is 0 Å². The first-order valence-corrected chi connectivity index (χ1v) is 5.39. The highest BCUT2D eigenvalue weighted by Gasteiger charge is 2.13. The molecule has 3 nitrogen and oxygen atoms in total. The second-order valence-electron chi connectivity index (χ2n) is 3.89. The van der Waals surface area contributed by atoms with Crippen molar-refractivity contribution in [1.82, 2.24) is 0 Å². The molecule has 0 radical (unpaired) electrons. The van der Waals surface area contributed by atoms with Crippen LogP contribution in [0.25, 0.3) is 0 Å². The van der Waals surface area contributed by atoms with Gasteiger partial charge in [0.05, 0.1) is 17.3 Å². The highest BCUT2D eigenvalue weighted by atomic mass is 16.5. The molecule has 17 heavy (non-hydrogen) atoms. The molecule has 82 valence electrons. The Morgan fingerprint density at radius 3 is 2.88 bits per heavy atom. The van der Waals surface area contributed by atoms with Gasteiger partial charge in [0.1, 0.15) is 12.4 Å². The van der Waals surface area contributed by atoms with E-state index in [2.05, 4.69) is 11.4 Å². The van der Waals surface area contributed by atoms with Crippen LogP contribution >= 0.6 is 0 Å². The molecule has 1 heterocycles. The van der Waals surface area contributed by atoms with Crippen molar-refractivity contribution in [3.63, 3.8) is 0 Å². The fraction of sp³-hybridized carbons (Fsp3) is 0.0714. The number of rotatable bonds is 0. The molecule has 0 amide bonds. The average Bonchev–Trinajstić information content (AvgIpc) is 2.57. The summed E-state index contributed by atoms with van der Waals surface area (Å²) < 4.78 is 5.70. The van der Waals surface area contributed by atoms with Gasteiger partial charge in [-0.05, 0) is 30.3 Å². The molecule has 0 fully saturated rings. The summed E-state index contributed by atoms with van der Waals surface area (Å²) in [5, 5.41) is 12.2. The van der Waals surface area contributed by atoms with Crippen LogP contribution in [0.15, 0.2) is 42.5 Å². The molecular weight excluding hydrogens is 212 g/mol. The van der Waals surface area contributed by atoms with Crippen molar-refractivity contribution in [3.8, 4) is 11.8 Å². The second kappa shape index (κ2) is 3.84. The number of nitrogens with zero attached hydrogens (tertiary/aromatic N) is 1. The van der Waals surface area contributed by atoms with E-state index in [1.54, 1.807) is 6.07 Å². The summed E-state index contributed by atoms with van der Waals surface area (Å²) in [6, 6.07) is 15.5. The SMILES string of the molecule is N#Cc1ccc2c(c1)COc1ccccc1N2. The molecule has 3 heteroatoms. The normalized spacial score (nSPS) is 12.2. The van der Waals surface area contributed by atoms with E-state index in [-0.39, 0.29) is 0 Å². The molecule has 1 aliphatic heterocycles. The molecule has 1 aliphatic rings. The number of para-hydroxylation sites is 2. The zero-order valence-electron chi connectivity index (χ0n) is 9.10. The summed E-state index contributed by atoms with van der Waals surface area (Å²) in [7, 11) is 0. The number of ether oxygens (including phenoxy) is 1. The number of nitriles is 1. The third-order valence-electron chi connectivity index (χ3n) is 2.77. The van der Waals surface area contributed by atoms with Gasteiger partial charge in [-0.25, -0.2) is 0 Å². The zero-order chi connectivity index (χ0) is 11.7. The number of hydrogen-bond acceptors (Lipinski definition) is 3. The Morgan fingerprint density at radius 2 is 2.00 bits per heavy atom. The maximum absolute atomic E-state index is 8.87. The van der Waals surface area contributed by atoms with Crippen molar-refractivity contribution in [2.45, 2.75) is 6.61 Å². The zero-order valence-corrected chi connectivity index (χ0v) is 9.10. The second-order valence-corrected chi connectivity index (χ2v) is 3.89. The van der Waals surface area contributed by atoms with E-state index in [1.807, 2.05) is 36.4 Å². The minimum atomic E-state index is 0.481. The van der Waals surface area contributed by atoms with Crippen LogP contribution in [-0.4, -0.2) is 0 Å². The highest BCUT2D eigenvalue weighted by Crippen LogP contribution is 2.33. The van der Waals surface area contributed by atoms with Crippen LogP contribution < -0.4 is 10.1 Å². The molecule has 0 unspecified atom stereocenters. The predicted molar refractivity (Wildman–Crippen MR) is 65.2 cm³/mol.